The minimum Gasteiger partial charge on any atom is -0.399 e. The van der Waals surface area contributed by atoms with Crippen molar-refractivity contribution >= 4 is 11.5 Å². The quantitative estimate of drug-likeness (QED) is 0.842. The van der Waals surface area contributed by atoms with Gasteiger partial charge in [0.05, 0.1) is 25.3 Å². The second kappa shape index (κ2) is 7.09. The number of hydrogen-bond acceptors (Lipinski definition) is 6. The lowest BCUT2D eigenvalue weighted by atomic mass is 9.96. The predicted molar refractivity (Wildman–Crippen MR) is 105 cm³/mol. The molecule has 0 aliphatic carbocycles. The van der Waals surface area contributed by atoms with Crippen molar-refractivity contribution in [1.82, 2.24) is 9.97 Å². The Morgan fingerprint density at radius 1 is 0.889 bits per heavy atom. The summed E-state index contributed by atoms with van der Waals surface area (Å²) in [5, 5.41) is 0. The van der Waals surface area contributed by atoms with E-state index in [9.17, 15) is 0 Å². The fraction of sp³-hybridized carbons (Fsp3) is 0.524. The van der Waals surface area contributed by atoms with Crippen LogP contribution in [0.15, 0.2) is 30.3 Å². The largest absolute Gasteiger partial charge is 0.399 e. The molecule has 0 amide bonds. The molecule has 2 aromatic rings. The molecule has 1 aromatic carbocycles. The monoisotopic (exact) mass is 366 g/mol. The Morgan fingerprint density at radius 3 is 2.30 bits per heavy atom. The van der Waals surface area contributed by atoms with Crippen LogP contribution in [0, 0.1) is 0 Å². The molecule has 2 unspecified atom stereocenters. The molecular weight excluding hydrogens is 340 g/mol. The Labute approximate surface area is 159 Å². The van der Waals surface area contributed by atoms with Gasteiger partial charge < -0.3 is 20.1 Å². The summed E-state index contributed by atoms with van der Waals surface area (Å²) >= 11 is 0. The highest BCUT2D eigenvalue weighted by Gasteiger charge is 2.38. The Morgan fingerprint density at radius 2 is 1.59 bits per heavy atom. The Hall–Kier alpha value is -2.18. The summed E-state index contributed by atoms with van der Waals surface area (Å²) in [6.07, 6.45) is 4.40. The van der Waals surface area contributed by atoms with Gasteiger partial charge in [0.15, 0.2) is 5.82 Å². The van der Waals surface area contributed by atoms with Crippen LogP contribution in [0.2, 0.25) is 0 Å². The second-order valence-electron chi connectivity index (χ2n) is 7.81. The Balaban J connectivity index is 1.57. The molecule has 142 valence electrons. The van der Waals surface area contributed by atoms with Crippen molar-refractivity contribution in [1.29, 1.82) is 0 Å². The first-order valence-corrected chi connectivity index (χ1v) is 9.96. The minimum atomic E-state index is 0.431. The SMILES string of the molecule is Nc1ccc(-c2nc(C3CCOCC3)cc(N3C4CCC3COC4)n2)cc1. The first-order valence-electron chi connectivity index (χ1n) is 9.96. The molecule has 3 aliphatic rings. The van der Waals surface area contributed by atoms with E-state index in [0.717, 1.165) is 67.9 Å². The predicted octanol–water partition coefficient (Wildman–Crippen LogP) is 2.99. The smallest absolute Gasteiger partial charge is 0.161 e. The molecule has 3 aliphatic heterocycles. The van der Waals surface area contributed by atoms with Crippen LogP contribution < -0.4 is 10.6 Å². The van der Waals surface area contributed by atoms with Crippen molar-refractivity contribution in [2.45, 2.75) is 43.7 Å². The molecule has 3 fully saturated rings. The third kappa shape index (κ3) is 3.28. The van der Waals surface area contributed by atoms with E-state index in [1.807, 2.05) is 24.3 Å². The van der Waals surface area contributed by atoms with Crippen LogP contribution in [0.1, 0.15) is 37.3 Å². The van der Waals surface area contributed by atoms with E-state index in [-0.39, 0.29) is 0 Å². The van der Waals surface area contributed by atoms with Crippen molar-refractivity contribution in [2.24, 2.45) is 0 Å². The number of nitrogen functional groups attached to an aromatic ring is 1. The van der Waals surface area contributed by atoms with E-state index in [1.54, 1.807) is 0 Å². The molecule has 3 saturated heterocycles. The van der Waals surface area contributed by atoms with Gasteiger partial charge in [0.2, 0.25) is 0 Å². The molecular formula is C21H26N4O2. The van der Waals surface area contributed by atoms with Gasteiger partial charge in [-0.3, -0.25) is 0 Å². The fourth-order valence-corrected chi connectivity index (χ4v) is 4.55. The molecule has 0 radical (unpaired) electrons. The molecule has 5 rings (SSSR count). The lowest BCUT2D eigenvalue weighted by Gasteiger charge is -2.36. The summed E-state index contributed by atoms with van der Waals surface area (Å²) in [6.45, 7) is 3.21. The van der Waals surface area contributed by atoms with Crippen molar-refractivity contribution in [3.63, 3.8) is 0 Å². The van der Waals surface area contributed by atoms with Crippen molar-refractivity contribution in [3.05, 3.63) is 36.0 Å². The molecule has 2 bridgehead atoms. The summed E-state index contributed by atoms with van der Waals surface area (Å²) in [4.78, 5) is 12.4. The zero-order chi connectivity index (χ0) is 18.2. The fourth-order valence-electron chi connectivity index (χ4n) is 4.55. The number of ether oxygens (including phenoxy) is 2. The maximum Gasteiger partial charge on any atom is 0.161 e. The third-order valence-electron chi connectivity index (χ3n) is 6.05. The van der Waals surface area contributed by atoms with Crippen LogP contribution in [0.4, 0.5) is 11.5 Å². The maximum absolute atomic E-state index is 5.87. The molecule has 6 nitrogen and oxygen atoms in total. The molecule has 2 N–H and O–H groups in total. The number of hydrogen-bond donors (Lipinski definition) is 1. The van der Waals surface area contributed by atoms with E-state index in [2.05, 4.69) is 11.0 Å². The molecule has 6 heteroatoms. The number of rotatable bonds is 3. The first-order chi connectivity index (χ1) is 13.3. The normalized spacial score (nSPS) is 25.7. The molecule has 4 heterocycles. The average molecular weight is 366 g/mol. The van der Waals surface area contributed by atoms with Crippen LogP contribution in [0.3, 0.4) is 0 Å². The van der Waals surface area contributed by atoms with Crippen molar-refractivity contribution in [3.8, 4) is 11.4 Å². The molecule has 0 saturated carbocycles. The van der Waals surface area contributed by atoms with Gasteiger partial charge in [-0.25, -0.2) is 9.97 Å². The van der Waals surface area contributed by atoms with Gasteiger partial charge in [-0.1, -0.05) is 0 Å². The van der Waals surface area contributed by atoms with Crippen LogP contribution in [0.25, 0.3) is 11.4 Å². The number of nitrogens with zero attached hydrogens (tertiary/aromatic N) is 3. The lowest BCUT2D eigenvalue weighted by Crippen LogP contribution is -2.46. The van der Waals surface area contributed by atoms with Gasteiger partial charge in [0.25, 0.3) is 0 Å². The van der Waals surface area contributed by atoms with Gasteiger partial charge in [0.1, 0.15) is 5.82 Å². The highest BCUT2D eigenvalue weighted by molar-refractivity contribution is 5.61. The van der Waals surface area contributed by atoms with E-state index >= 15 is 0 Å². The van der Waals surface area contributed by atoms with Gasteiger partial charge >= 0.3 is 0 Å². The zero-order valence-corrected chi connectivity index (χ0v) is 15.5. The van der Waals surface area contributed by atoms with Gasteiger partial charge in [0, 0.05) is 42.1 Å². The van der Waals surface area contributed by atoms with E-state index in [4.69, 9.17) is 25.2 Å². The Bertz CT molecular complexity index is 788. The summed E-state index contributed by atoms with van der Waals surface area (Å²) < 4.78 is 11.3. The standard InChI is InChI=1S/C21H26N4O2/c22-16-3-1-15(2-4-16)21-23-19(14-7-9-26-10-8-14)11-20(24-21)25-17-5-6-18(25)13-27-12-17/h1-4,11,14,17-18H,5-10,12-13,22H2. The van der Waals surface area contributed by atoms with Gasteiger partial charge in [-0.15, -0.1) is 0 Å². The van der Waals surface area contributed by atoms with E-state index in [0.29, 0.717) is 18.0 Å². The molecule has 1 aromatic heterocycles. The summed E-state index contributed by atoms with van der Waals surface area (Å²) in [5.41, 5.74) is 8.78. The third-order valence-corrected chi connectivity index (χ3v) is 6.05. The van der Waals surface area contributed by atoms with Crippen LogP contribution in [-0.2, 0) is 9.47 Å². The number of benzene rings is 1. The minimum absolute atomic E-state index is 0.431. The maximum atomic E-state index is 5.87. The van der Waals surface area contributed by atoms with Crippen LogP contribution in [-0.4, -0.2) is 48.5 Å². The summed E-state index contributed by atoms with van der Waals surface area (Å²) in [7, 11) is 0. The summed E-state index contributed by atoms with van der Waals surface area (Å²) in [6, 6.07) is 10.9. The van der Waals surface area contributed by atoms with E-state index in [1.165, 1.54) is 12.8 Å². The van der Waals surface area contributed by atoms with Gasteiger partial charge in [-0.2, -0.15) is 0 Å². The highest BCUT2D eigenvalue weighted by Crippen LogP contribution is 2.36. The van der Waals surface area contributed by atoms with Crippen LogP contribution >= 0.6 is 0 Å². The van der Waals surface area contributed by atoms with Crippen molar-refractivity contribution < 1.29 is 9.47 Å². The number of morpholine rings is 1. The second-order valence-corrected chi connectivity index (χ2v) is 7.81. The Kier molecular flexibility index (Phi) is 4.45. The van der Waals surface area contributed by atoms with Crippen molar-refractivity contribution in [2.75, 3.05) is 37.1 Å². The highest BCUT2D eigenvalue weighted by atomic mass is 16.5. The number of nitrogens with two attached hydrogens (primary N) is 1. The van der Waals surface area contributed by atoms with Crippen LogP contribution in [0.5, 0.6) is 0 Å². The summed E-state index contributed by atoms with van der Waals surface area (Å²) in [5.74, 6) is 2.28. The topological polar surface area (TPSA) is 73.5 Å². The molecule has 0 spiro atoms. The van der Waals surface area contributed by atoms with Gasteiger partial charge in [-0.05, 0) is 49.9 Å². The lowest BCUT2D eigenvalue weighted by molar-refractivity contribution is 0.0843. The zero-order valence-electron chi connectivity index (χ0n) is 15.5. The number of aromatic nitrogens is 2. The molecule has 27 heavy (non-hydrogen) atoms. The average Bonchev–Trinajstić information content (AvgIpc) is 2.97. The number of anilines is 2. The first kappa shape index (κ1) is 17.0. The van der Waals surface area contributed by atoms with E-state index < -0.39 is 0 Å². The number of fused-ring (bicyclic) bond motifs is 2. The molecule has 2 atom stereocenters.